The van der Waals surface area contributed by atoms with E-state index in [9.17, 15) is 4.79 Å². The van der Waals surface area contributed by atoms with Crippen molar-refractivity contribution in [3.05, 3.63) is 0 Å². The van der Waals surface area contributed by atoms with Gasteiger partial charge in [-0.15, -0.1) is 0 Å². The predicted molar refractivity (Wildman–Crippen MR) is 59.3 cm³/mol. The zero-order valence-corrected chi connectivity index (χ0v) is 9.87. The van der Waals surface area contributed by atoms with E-state index in [2.05, 4.69) is 5.32 Å². The van der Waals surface area contributed by atoms with E-state index in [1.807, 2.05) is 0 Å². The van der Waals surface area contributed by atoms with Crippen LogP contribution in [0.2, 0.25) is 0 Å². The Balaban J connectivity index is 1.78. The lowest BCUT2D eigenvalue weighted by Gasteiger charge is -2.06. The van der Waals surface area contributed by atoms with Crippen molar-refractivity contribution in [2.24, 2.45) is 0 Å². The standard InChI is InChI=1S/C11H21NO4/c1-14-6-7-15-8-9-16-11(13)4-5-12-10-2-3-10/h10,12H,2-9H2,1H3. The van der Waals surface area contributed by atoms with E-state index < -0.39 is 0 Å². The van der Waals surface area contributed by atoms with Gasteiger partial charge in [0, 0.05) is 19.7 Å². The monoisotopic (exact) mass is 231 g/mol. The largest absolute Gasteiger partial charge is 0.463 e. The van der Waals surface area contributed by atoms with Gasteiger partial charge in [0.15, 0.2) is 0 Å². The molecule has 0 saturated heterocycles. The number of hydrogen-bond acceptors (Lipinski definition) is 5. The SMILES string of the molecule is COCCOCCOC(=O)CCNC1CC1. The minimum Gasteiger partial charge on any atom is -0.463 e. The summed E-state index contributed by atoms with van der Waals surface area (Å²) in [5, 5.41) is 3.26. The smallest absolute Gasteiger partial charge is 0.307 e. The van der Waals surface area contributed by atoms with Crippen LogP contribution in [0.15, 0.2) is 0 Å². The molecule has 0 aromatic rings. The molecule has 0 aromatic heterocycles. The number of nitrogens with one attached hydrogen (secondary N) is 1. The fourth-order valence-corrected chi connectivity index (χ4v) is 1.20. The van der Waals surface area contributed by atoms with E-state index in [4.69, 9.17) is 14.2 Å². The van der Waals surface area contributed by atoms with E-state index >= 15 is 0 Å². The minimum absolute atomic E-state index is 0.163. The number of methoxy groups -OCH3 is 1. The summed E-state index contributed by atoms with van der Waals surface area (Å²) < 4.78 is 14.9. The van der Waals surface area contributed by atoms with Crippen molar-refractivity contribution in [1.29, 1.82) is 0 Å². The highest BCUT2D eigenvalue weighted by atomic mass is 16.6. The van der Waals surface area contributed by atoms with Crippen molar-refractivity contribution < 1.29 is 19.0 Å². The Hall–Kier alpha value is -0.650. The molecule has 0 bridgehead atoms. The third-order valence-corrected chi connectivity index (χ3v) is 2.26. The fourth-order valence-electron chi connectivity index (χ4n) is 1.20. The number of rotatable bonds is 10. The van der Waals surface area contributed by atoms with Crippen molar-refractivity contribution in [2.45, 2.75) is 25.3 Å². The molecule has 16 heavy (non-hydrogen) atoms. The van der Waals surface area contributed by atoms with Gasteiger partial charge in [-0.25, -0.2) is 0 Å². The van der Waals surface area contributed by atoms with Crippen LogP contribution in [0.3, 0.4) is 0 Å². The quantitative estimate of drug-likeness (QED) is 0.434. The van der Waals surface area contributed by atoms with Gasteiger partial charge >= 0.3 is 5.97 Å². The van der Waals surface area contributed by atoms with Gasteiger partial charge in [0.2, 0.25) is 0 Å². The maximum atomic E-state index is 11.2. The van der Waals surface area contributed by atoms with Gasteiger partial charge in [-0.05, 0) is 12.8 Å². The Bertz CT molecular complexity index is 194. The first-order valence-corrected chi connectivity index (χ1v) is 5.78. The first-order chi connectivity index (χ1) is 7.83. The van der Waals surface area contributed by atoms with Gasteiger partial charge in [-0.3, -0.25) is 4.79 Å². The molecule has 0 radical (unpaired) electrons. The molecule has 1 aliphatic carbocycles. The van der Waals surface area contributed by atoms with Gasteiger partial charge in [0.1, 0.15) is 6.61 Å². The first kappa shape index (κ1) is 13.4. The van der Waals surface area contributed by atoms with Crippen LogP contribution in [0.5, 0.6) is 0 Å². The number of carbonyl (C=O) groups excluding carboxylic acids is 1. The number of ether oxygens (including phenoxy) is 3. The zero-order chi connectivity index (χ0) is 11.6. The lowest BCUT2D eigenvalue weighted by Crippen LogP contribution is -2.22. The van der Waals surface area contributed by atoms with Gasteiger partial charge in [0.25, 0.3) is 0 Å². The third-order valence-electron chi connectivity index (χ3n) is 2.26. The van der Waals surface area contributed by atoms with Crippen LogP contribution in [0.1, 0.15) is 19.3 Å². The molecule has 0 heterocycles. The Kier molecular flexibility index (Phi) is 7.12. The average molecular weight is 231 g/mol. The zero-order valence-electron chi connectivity index (χ0n) is 9.87. The van der Waals surface area contributed by atoms with Crippen LogP contribution >= 0.6 is 0 Å². The molecule has 0 unspecified atom stereocenters. The van der Waals surface area contributed by atoms with E-state index in [0.29, 0.717) is 45.4 Å². The summed E-state index contributed by atoms with van der Waals surface area (Å²) in [6, 6.07) is 0.644. The van der Waals surface area contributed by atoms with Gasteiger partial charge < -0.3 is 19.5 Å². The summed E-state index contributed by atoms with van der Waals surface area (Å²) in [4.78, 5) is 11.2. The van der Waals surface area contributed by atoms with E-state index in [0.717, 1.165) is 0 Å². The van der Waals surface area contributed by atoms with Crippen LogP contribution in [0, 0.1) is 0 Å². The first-order valence-electron chi connectivity index (χ1n) is 5.78. The molecule has 1 N–H and O–H groups in total. The van der Waals surface area contributed by atoms with Gasteiger partial charge in [-0.1, -0.05) is 0 Å². The Morgan fingerprint density at radius 3 is 2.69 bits per heavy atom. The highest BCUT2D eigenvalue weighted by Gasteiger charge is 2.20. The summed E-state index contributed by atoms with van der Waals surface area (Å²) in [6.07, 6.45) is 2.92. The molecule has 1 aliphatic rings. The molecule has 0 amide bonds. The van der Waals surface area contributed by atoms with Crippen LogP contribution in [-0.2, 0) is 19.0 Å². The lowest BCUT2D eigenvalue weighted by molar-refractivity contribution is -0.145. The average Bonchev–Trinajstić information content (AvgIpc) is 3.07. The maximum Gasteiger partial charge on any atom is 0.307 e. The molecular formula is C11H21NO4. The second-order valence-corrected chi connectivity index (χ2v) is 3.80. The van der Waals surface area contributed by atoms with Crippen molar-refractivity contribution in [3.63, 3.8) is 0 Å². The molecule has 0 atom stereocenters. The molecule has 94 valence electrons. The second kappa shape index (κ2) is 8.50. The van der Waals surface area contributed by atoms with E-state index in [1.165, 1.54) is 12.8 Å². The molecule has 1 fully saturated rings. The van der Waals surface area contributed by atoms with Crippen molar-refractivity contribution in [2.75, 3.05) is 40.1 Å². The van der Waals surface area contributed by atoms with E-state index in [1.54, 1.807) is 7.11 Å². The van der Waals surface area contributed by atoms with Crippen LogP contribution in [0.25, 0.3) is 0 Å². The van der Waals surface area contributed by atoms with Crippen molar-refractivity contribution >= 4 is 5.97 Å². The Labute approximate surface area is 96.4 Å². The van der Waals surface area contributed by atoms with Crippen LogP contribution in [-0.4, -0.2) is 52.1 Å². The van der Waals surface area contributed by atoms with Crippen molar-refractivity contribution in [1.82, 2.24) is 5.32 Å². The molecule has 0 aliphatic heterocycles. The summed E-state index contributed by atoms with van der Waals surface area (Å²) in [5.74, 6) is -0.163. The van der Waals surface area contributed by atoms with Gasteiger partial charge in [-0.2, -0.15) is 0 Å². The minimum atomic E-state index is -0.163. The maximum absolute atomic E-state index is 11.2. The second-order valence-electron chi connectivity index (χ2n) is 3.80. The summed E-state index contributed by atoms with van der Waals surface area (Å²) >= 11 is 0. The molecule has 0 aromatic carbocycles. The molecule has 0 spiro atoms. The van der Waals surface area contributed by atoms with Crippen molar-refractivity contribution in [3.8, 4) is 0 Å². The van der Waals surface area contributed by atoms with Crippen LogP contribution < -0.4 is 5.32 Å². The highest BCUT2D eigenvalue weighted by Crippen LogP contribution is 2.18. The normalized spacial score (nSPS) is 15.1. The Morgan fingerprint density at radius 2 is 2.00 bits per heavy atom. The highest BCUT2D eigenvalue weighted by molar-refractivity contribution is 5.69. The number of hydrogen-bond donors (Lipinski definition) is 1. The molecule has 5 heteroatoms. The molecule has 5 nitrogen and oxygen atoms in total. The summed E-state index contributed by atoms with van der Waals surface area (Å²) in [6.45, 7) is 2.59. The fraction of sp³-hybridized carbons (Fsp3) is 0.909. The lowest BCUT2D eigenvalue weighted by atomic mass is 10.4. The van der Waals surface area contributed by atoms with Crippen LogP contribution in [0.4, 0.5) is 0 Å². The molecule has 1 rings (SSSR count). The van der Waals surface area contributed by atoms with E-state index in [-0.39, 0.29) is 5.97 Å². The molecule has 1 saturated carbocycles. The topological polar surface area (TPSA) is 56.8 Å². The predicted octanol–water partition coefficient (Wildman–Crippen LogP) is 0.335. The Morgan fingerprint density at radius 1 is 1.25 bits per heavy atom. The summed E-state index contributed by atoms with van der Waals surface area (Å²) in [5.41, 5.74) is 0. The number of carbonyl (C=O) groups is 1. The molecular weight excluding hydrogens is 210 g/mol. The number of esters is 1. The third kappa shape index (κ3) is 7.62. The summed E-state index contributed by atoms with van der Waals surface area (Å²) in [7, 11) is 1.62. The van der Waals surface area contributed by atoms with Gasteiger partial charge in [0.05, 0.1) is 26.2 Å².